The maximum Gasteiger partial charge on any atom is 0.228 e. The van der Waals surface area contributed by atoms with Crippen molar-refractivity contribution in [2.45, 2.75) is 27.2 Å². The van der Waals surface area contributed by atoms with E-state index in [9.17, 15) is 4.79 Å². The molecule has 0 saturated carbocycles. The molecule has 2 heterocycles. The maximum absolute atomic E-state index is 12.3. The summed E-state index contributed by atoms with van der Waals surface area (Å²) in [6.07, 6.45) is 2.63. The normalized spacial score (nSPS) is 17.0. The quantitative estimate of drug-likeness (QED) is 0.799. The first-order chi connectivity index (χ1) is 9.38. The van der Waals surface area contributed by atoms with E-state index in [2.05, 4.69) is 9.88 Å². The zero-order valence-corrected chi connectivity index (χ0v) is 13.2. The van der Waals surface area contributed by atoms with Crippen LogP contribution in [0.4, 0.5) is 5.82 Å². The average molecular weight is 296 g/mol. The highest BCUT2D eigenvalue weighted by Crippen LogP contribution is 2.20. The largest absolute Gasteiger partial charge is 0.355 e. The van der Waals surface area contributed by atoms with Gasteiger partial charge in [-0.3, -0.25) is 4.79 Å². The van der Waals surface area contributed by atoms with Crippen molar-refractivity contribution >= 4 is 23.3 Å². The number of nitrogens with zero attached hydrogens (tertiary/aromatic N) is 3. The Morgan fingerprint density at radius 3 is 2.55 bits per heavy atom. The molecule has 2 rings (SSSR count). The molecule has 1 aliphatic heterocycles. The van der Waals surface area contributed by atoms with E-state index in [1.807, 2.05) is 37.8 Å². The van der Waals surface area contributed by atoms with Gasteiger partial charge in [0.05, 0.1) is 5.02 Å². The molecule has 1 aliphatic rings. The van der Waals surface area contributed by atoms with Crippen molar-refractivity contribution in [2.75, 3.05) is 31.1 Å². The number of amides is 1. The summed E-state index contributed by atoms with van der Waals surface area (Å²) >= 11 is 5.86. The van der Waals surface area contributed by atoms with Crippen LogP contribution in [0.15, 0.2) is 18.3 Å². The third kappa shape index (κ3) is 3.63. The van der Waals surface area contributed by atoms with Gasteiger partial charge in [0.1, 0.15) is 5.82 Å². The second kappa shape index (κ2) is 6.00. The van der Waals surface area contributed by atoms with Gasteiger partial charge in [0.25, 0.3) is 0 Å². The molecular weight excluding hydrogens is 274 g/mol. The van der Waals surface area contributed by atoms with Crippen molar-refractivity contribution in [1.29, 1.82) is 0 Å². The lowest BCUT2D eigenvalue weighted by Crippen LogP contribution is -2.41. The summed E-state index contributed by atoms with van der Waals surface area (Å²) in [7, 11) is 0. The number of rotatable bonds is 1. The van der Waals surface area contributed by atoms with E-state index in [1.54, 1.807) is 6.20 Å². The number of hydrogen-bond acceptors (Lipinski definition) is 3. The summed E-state index contributed by atoms with van der Waals surface area (Å²) in [5.74, 6) is 1.16. The topological polar surface area (TPSA) is 36.4 Å². The molecule has 0 unspecified atom stereocenters. The van der Waals surface area contributed by atoms with Crippen molar-refractivity contribution in [1.82, 2.24) is 9.88 Å². The van der Waals surface area contributed by atoms with Gasteiger partial charge in [0.2, 0.25) is 5.91 Å². The molecule has 0 aliphatic carbocycles. The van der Waals surface area contributed by atoms with Gasteiger partial charge in [-0.15, -0.1) is 0 Å². The van der Waals surface area contributed by atoms with E-state index in [1.165, 1.54) is 0 Å². The van der Waals surface area contributed by atoms with Crippen LogP contribution in [0.25, 0.3) is 0 Å². The Kier molecular flexibility index (Phi) is 4.53. The Balaban J connectivity index is 2.02. The molecule has 1 aromatic rings. The standard InChI is InChI=1S/C15H22ClN3O/c1-15(2,3)14(20)19-8-4-7-18(9-10-19)13-6-5-12(16)11-17-13/h5-6,11H,4,7-10H2,1-3H3. The summed E-state index contributed by atoms with van der Waals surface area (Å²) in [4.78, 5) is 20.9. The molecule has 1 amide bonds. The molecule has 110 valence electrons. The van der Waals surface area contributed by atoms with Crippen molar-refractivity contribution in [3.05, 3.63) is 23.4 Å². The lowest BCUT2D eigenvalue weighted by atomic mass is 9.94. The van der Waals surface area contributed by atoms with Gasteiger partial charge in [-0.1, -0.05) is 32.4 Å². The van der Waals surface area contributed by atoms with E-state index < -0.39 is 0 Å². The first kappa shape index (κ1) is 15.1. The Morgan fingerprint density at radius 1 is 1.20 bits per heavy atom. The molecule has 0 radical (unpaired) electrons. The number of carbonyl (C=O) groups is 1. The molecule has 1 fully saturated rings. The summed E-state index contributed by atoms with van der Waals surface area (Å²) in [6, 6.07) is 3.79. The van der Waals surface area contributed by atoms with Gasteiger partial charge in [-0.2, -0.15) is 0 Å². The zero-order chi connectivity index (χ0) is 14.8. The summed E-state index contributed by atoms with van der Waals surface area (Å²) < 4.78 is 0. The smallest absolute Gasteiger partial charge is 0.228 e. The van der Waals surface area contributed by atoms with Crippen LogP contribution >= 0.6 is 11.6 Å². The molecule has 0 spiro atoms. The molecule has 0 bridgehead atoms. The number of carbonyl (C=O) groups excluding carboxylic acids is 1. The molecule has 5 heteroatoms. The zero-order valence-electron chi connectivity index (χ0n) is 12.4. The number of pyridine rings is 1. The number of anilines is 1. The minimum Gasteiger partial charge on any atom is -0.355 e. The van der Waals surface area contributed by atoms with Gasteiger partial charge >= 0.3 is 0 Å². The van der Waals surface area contributed by atoms with Gasteiger partial charge in [-0.05, 0) is 18.6 Å². The van der Waals surface area contributed by atoms with Crippen LogP contribution < -0.4 is 4.90 Å². The molecule has 1 aromatic heterocycles. The monoisotopic (exact) mass is 295 g/mol. The summed E-state index contributed by atoms with van der Waals surface area (Å²) in [6.45, 7) is 9.22. The van der Waals surface area contributed by atoms with Crippen LogP contribution in [0, 0.1) is 5.41 Å². The number of halogens is 1. The van der Waals surface area contributed by atoms with Crippen molar-refractivity contribution < 1.29 is 4.79 Å². The van der Waals surface area contributed by atoms with Crippen LogP contribution in [-0.4, -0.2) is 42.0 Å². The predicted molar refractivity (Wildman–Crippen MR) is 82.1 cm³/mol. The third-order valence-corrected chi connectivity index (χ3v) is 3.68. The van der Waals surface area contributed by atoms with Gasteiger partial charge < -0.3 is 9.80 Å². The summed E-state index contributed by atoms with van der Waals surface area (Å²) in [5, 5.41) is 0.646. The second-order valence-corrected chi connectivity index (χ2v) is 6.65. The highest BCUT2D eigenvalue weighted by molar-refractivity contribution is 6.30. The third-order valence-electron chi connectivity index (χ3n) is 3.46. The highest BCUT2D eigenvalue weighted by Gasteiger charge is 2.28. The lowest BCUT2D eigenvalue weighted by molar-refractivity contribution is -0.139. The second-order valence-electron chi connectivity index (χ2n) is 6.22. The van der Waals surface area contributed by atoms with Gasteiger partial charge in [0, 0.05) is 37.8 Å². The SMILES string of the molecule is CC(C)(C)C(=O)N1CCCN(c2ccc(Cl)cn2)CC1. The van der Waals surface area contributed by atoms with Crippen LogP contribution in [0.3, 0.4) is 0 Å². The molecule has 20 heavy (non-hydrogen) atoms. The first-order valence-electron chi connectivity index (χ1n) is 7.04. The average Bonchev–Trinajstić information content (AvgIpc) is 2.63. The fraction of sp³-hybridized carbons (Fsp3) is 0.600. The van der Waals surface area contributed by atoms with Gasteiger partial charge in [-0.25, -0.2) is 4.98 Å². The van der Waals surface area contributed by atoms with E-state index in [0.717, 1.165) is 38.4 Å². The first-order valence-corrected chi connectivity index (χ1v) is 7.41. The van der Waals surface area contributed by atoms with Crippen molar-refractivity contribution in [3.63, 3.8) is 0 Å². The van der Waals surface area contributed by atoms with Crippen molar-refractivity contribution in [2.24, 2.45) is 5.41 Å². The molecule has 0 N–H and O–H groups in total. The number of aromatic nitrogens is 1. The Hall–Kier alpha value is -1.29. The Labute approximate surface area is 125 Å². The maximum atomic E-state index is 12.3. The fourth-order valence-electron chi connectivity index (χ4n) is 2.38. The lowest BCUT2D eigenvalue weighted by Gasteiger charge is -2.28. The minimum absolute atomic E-state index is 0.225. The highest BCUT2D eigenvalue weighted by atomic mass is 35.5. The van der Waals surface area contributed by atoms with Crippen LogP contribution in [0.1, 0.15) is 27.2 Å². The van der Waals surface area contributed by atoms with Crippen LogP contribution in [-0.2, 0) is 4.79 Å². The van der Waals surface area contributed by atoms with Gasteiger partial charge in [0.15, 0.2) is 0 Å². The molecular formula is C15H22ClN3O. The van der Waals surface area contributed by atoms with E-state index in [0.29, 0.717) is 5.02 Å². The summed E-state index contributed by atoms with van der Waals surface area (Å²) in [5.41, 5.74) is -0.312. The molecule has 1 saturated heterocycles. The fourth-order valence-corrected chi connectivity index (χ4v) is 2.49. The molecule has 0 aromatic carbocycles. The van der Waals surface area contributed by atoms with Crippen LogP contribution in [0.2, 0.25) is 5.02 Å². The van der Waals surface area contributed by atoms with E-state index >= 15 is 0 Å². The van der Waals surface area contributed by atoms with E-state index in [-0.39, 0.29) is 11.3 Å². The minimum atomic E-state index is -0.312. The Bertz CT molecular complexity index is 467. The molecule has 4 nitrogen and oxygen atoms in total. The van der Waals surface area contributed by atoms with Crippen LogP contribution in [0.5, 0.6) is 0 Å². The number of hydrogen-bond donors (Lipinski definition) is 0. The molecule has 0 atom stereocenters. The van der Waals surface area contributed by atoms with Crippen molar-refractivity contribution in [3.8, 4) is 0 Å². The Morgan fingerprint density at radius 2 is 1.95 bits per heavy atom. The predicted octanol–water partition coefficient (Wildman–Crippen LogP) is 2.82. The van der Waals surface area contributed by atoms with E-state index in [4.69, 9.17) is 11.6 Å².